The minimum Gasteiger partial charge on any atom is -0.302 e. The number of likely N-dealkylation sites (tertiary alicyclic amines) is 1. The van der Waals surface area contributed by atoms with E-state index in [2.05, 4.69) is 27.5 Å². The molecule has 0 spiro atoms. The first-order valence-electron chi connectivity index (χ1n) is 5.47. The van der Waals surface area contributed by atoms with Gasteiger partial charge in [0, 0.05) is 12.8 Å². The summed E-state index contributed by atoms with van der Waals surface area (Å²) in [4.78, 5) is 2.28. The van der Waals surface area contributed by atoms with E-state index < -0.39 is 9.84 Å². The van der Waals surface area contributed by atoms with Crippen LogP contribution in [0.5, 0.6) is 0 Å². The predicted octanol–water partition coefficient (Wildman–Crippen LogP) is 1.57. The molecule has 0 aromatic carbocycles. The van der Waals surface area contributed by atoms with Gasteiger partial charge in [0.15, 0.2) is 0 Å². The molecule has 3 nitrogen and oxygen atoms in total. The molecule has 0 radical (unpaired) electrons. The average Bonchev–Trinajstić information content (AvgIpc) is 2.16. The lowest BCUT2D eigenvalue weighted by atomic mass is 9.94. The largest absolute Gasteiger partial charge is 0.302 e. The van der Waals surface area contributed by atoms with Crippen LogP contribution < -0.4 is 0 Å². The maximum atomic E-state index is 11.0. The first-order chi connectivity index (χ1) is 7.01. The quantitative estimate of drug-likeness (QED) is 0.561. The van der Waals surface area contributed by atoms with Crippen LogP contribution in [0.15, 0.2) is 0 Å². The number of sulfone groups is 1. The van der Waals surface area contributed by atoms with Crippen molar-refractivity contribution in [2.24, 2.45) is 5.92 Å². The molecular formula is C10H20INO2S. The molecule has 0 aromatic heterocycles. The van der Waals surface area contributed by atoms with Crippen molar-refractivity contribution in [2.75, 3.05) is 36.1 Å². The number of nitrogens with zero attached hydrogens (tertiary/aromatic N) is 1. The lowest BCUT2D eigenvalue weighted by Gasteiger charge is -2.31. The maximum Gasteiger partial charge on any atom is 0.148 e. The van der Waals surface area contributed by atoms with Crippen LogP contribution in [0.25, 0.3) is 0 Å². The van der Waals surface area contributed by atoms with E-state index in [-0.39, 0.29) is 0 Å². The van der Waals surface area contributed by atoms with E-state index in [4.69, 9.17) is 0 Å². The summed E-state index contributed by atoms with van der Waals surface area (Å²) in [5, 5.41) is 0. The van der Waals surface area contributed by atoms with Gasteiger partial charge >= 0.3 is 0 Å². The van der Waals surface area contributed by atoms with Crippen LogP contribution in [-0.2, 0) is 9.84 Å². The molecule has 1 saturated heterocycles. The highest BCUT2D eigenvalue weighted by Crippen LogP contribution is 2.20. The van der Waals surface area contributed by atoms with Crippen molar-refractivity contribution in [2.45, 2.75) is 19.3 Å². The van der Waals surface area contributed by atoms with E-state index in [9.17, 15) is 8.42 Å². The highest BCUT2D eigenvalue weighted by atomic mass is 127. The molecule has 1 heterocycles. The van der Waals surface area contributed by atoms with Crippen molar-refractivity contribution in [1.29, 1.82) is 0 Å². The van der Waals surface area contributed by atoms with Gasteiger partial charge in [-0.05, 0) is 42.7 Å². The van der Waals surface area contributed by atoms with Gasteiger partial charge in [0.25, 0.3) is 0 Å². The lowest BCUT2D eigenvalue weighted by molar-refractivity contribution is 0.191. The maximum absolute atomic E-state index is 11.0. The Balaban J connectivity index is 2.20. The first kappa shape index (κ1) is 13.7. The standard InChI is InChI=1S/C10H20INO2S/c1-15(13,14)9-8-12-6-3-10(2-5-11)4-7-12/h10H,2-9H2,1H3. The van der Waals surface area contributed by atoms with Crippen molar-refractivity contribution in [3.05, 3.63) is 0 Å². The summed E-state index contributed by atoms with van der Waals surface area (Å²) in [5.41, 5.74) is 0. The van der Waals surface area contributed by atoms with Gasteiger partial charge in [-0.25, -0.2) is 8.42 Å². The molecular weight excluding hydrogens is 325 g/mol. The molecule has 1 fully saturated rings. The Morgan fingerprint density at radius 3 is 2.40 bits per heavy atom. The van der Waals surface area contributed by atoms with Gasteiger partial charge < -0.3 is 4.90 Å². The van der Waals surface area contributed by atoms with Crippen LogP contribution in [0, 0.1) is 5.92 Å². The van der Waals surface area contributed by atoms with Crippen molar-refractivity contribution >= 4 is 32.4 Å². The molecule has 0 amide bonds. The second-order valence-corrected chi connectivity index (χ2v) is 7.73. The number of rotatable bonds is 5. The molecule has 0 atom stereocenters. The number of hydrogen-bond acceptors (Lipinski definition) is 3. The van der Waals surface area contributed by atoms with Gasteiger partial charge in [0.1, 0.15) is 9.84 Å². The highest BCUT2D eigenvalue weighted by Gasteiger charge is 2.19. The Labute approximate surface area is 107 Å². The smallest absolute Gasteiger partial charge is 0.148 e. The monoisotopic (exact) mass is 345 g/mol. The van der Waals surface area contributed by atoms with Crippen LogP contribution in [0.4, 0.5) is 0 Å². The van der Waals surface area contributed by atoms with Gasteiger partial charge in [0.05, 0.1) is 5.75 Å². The molecule has 0 saturated carbocycles. The zero-order chi connectivity index (χ0) is 11.3. The number of alkyl halides is 1. The third-order valence-corrected chi connectivity index (χ3v) is 4.55. The summed E-state index contributed by atoms with van der Waals surface area (Å²) < 4.78 is 23.3. The van der Waals surface area contributed by atoms with Gasteiger partial charge in [-0.3, -0.25) is 0 Å². The second kappa shape index (κ2) is 6.39. The van der Waals surface area contributed by atoms with E-state index in [0.29, 0.717) is 5.75 Å². The molecule has 0 aliphatic carbocycles. The molecule has 0 unspecified atom stereocenters. The topological polar surface area (TPSA) is 37.4 Å². The number of halogens is 1. The summed E-state index contributed by atoms with van der Waals surface area (Å²) in [7, 11) is -2.79. The van der Waals surface area contributed by atoms with Crippen molar-refractivity contribution in [3.8, 4) is 0 Å². The van der Waals surface area contributed by atoms with Crippen LogP contribution in [0.1, 0.15) is 19.3 Å². The summed E-state index contributed by atoms with van der Waals surface area (Å²) in [6, 6.07) is 0. The van der Waals surface area contributed by atoms with Gasteiger partial charge in [-0.1, -0.05) is 22.6 Å². The van der Waals surface area contributed by atoms with Crippen molar-refractivity contribution < 1.29 is 8.42 Å². The normalized spacial score (nSPS) is 20.7. The SMILES string of the molecule is CS(=O)(=O)CCN1CCC(CCI)CC1. The number of hydrogen-bond donors (Lipinski definition) is 0. The molecule has 0 bridgehead atoms. The van der Waals surface area contributed by atoms with Gasteiger partial charge in [-0.2, -0.15) is 0 Å². The Morgan fingerprint density at radius 2 is 1.93 bits per heavy atom. The fourth-order valence-electron chi connectivity index (χ4n) is 1.95. The third-order valence-electron chi connectivity index (χ3n) is 3.00. The molecule has 1 aliphatic heterocycles. The van der Waals surface area contributed by atoms with E-state index in [1.54, 1.807) is 0 Å². The first-order valence-corrected chi connectivity index (χ1v) is 9.06. The molecule has 1 aliphatic rings. The third kappa shape index (κ3) is 6.06. The van der Waals surface area contributed by atoms with Gasteiger partial charge in [0.2, 0.25) is 0 Å². The van der Waals surface area contributed by atoms with E-state index in [1.165, 1.54) is 29.9 Å². The molecule has 0 N–H and O–H groups in total. The zero-order valence-corrected chi connectivity index (χ0v) is 12.3. The van der Waals surface area contributed by atoms with E-state index in [1.807, 2.05) is 0 Å². The van der Waals surface area contributed by atoms with Crippen molar-refractivity contribution in [1.82, 2.24) is 4.90 Å². The summed E-state index contributed by atoms with van der Waals surface area (Å²) in [5.74, 6) is 1.18. The zero-order valence-electron chi connectivity index (χ0n) is 9.28. The van der Waals surface area contributed by atoms with Crippen LogP contribution >= 0.6 is 22.6 Å². The van der Waals surface area contributed by atoms with Crippen LogP contribution in [-0.4, -0.2) is 49.4 Å². The molecule has 5 heteroatoms. The predicted molar refractivity (Wildman–Crippen MR) is 72.4 cm³/mol. The fourth-order valence-corrected chi connectivity index (χ4v) is 3.42. The summed E-state index contributed by atoms with van der Waals surface area (Å²) in [6.45, 7) is 2.88. The average molecular weight is 345 g/mol. The summed E-state index contributed by atoms with van der Waals surface area (Å²) >= 11 is 2.43. The molecule has 1 rings (SSSR count). The molecule has 15 heavy (non-hydrogen) atoms. The number of piperidine rings is 1. The Hall–Kier alpha value is 0.640. The Morgan fingerprint density at radius 1 is 1.33 bits per heavy atom. The second-order valence-electron chi connectivity index (χ2n) is 4.39. The van der Waals surface area contributed by atoms with Crippen LogP contribution in [0.2, 0.25) is 0 Å². The Bertz CT molecular complexity index is 271. The minimum atomic E-state index is -2.79. The fraction of sp³-hybridized carbons (Fsp3) is 1.00. The Kier molecular flexibility index (Phi) is 5.84. The van der Waals surface area contributed by atoms with Gasteiger partial charge in [-0.15, -0.1) is 0 Å². The summed E-state index contributed by atoms with van der Waals surface area (Å²) in [6.07, 6.45) is 5.12. The van der Waals surface area contributed by atoms with E-state index in [0.717, 1.165) is 25.6 Å². The lowest BCUT2D eigenvalue weighted by Crippen LogP contribution is -2.36. The molecule has 90 valence electrons. The highest BCUT2D eigenvalue weighted by molar-refractivity contribution is 14.1. The van der Waals surface area contributed by atoms with Crippen LogP contribution in [0.3, 0.4) is 0 Å². The minimum absolute atomic E-state index is 0.309. The van der Waals surface area contributed by atoms with Crippen molar-refractivity contribution in [3.63, 3.8) is 0 Å². The van der Waals surface area contributed by atoms with E-state index >= 15 is 0 Å². The molecule has 0 aromatic rings.